The number of hydrogen-bond donors (Lipinski definition) is 0. The van der Waals surface area contributed by atoms with Gasteiger partial charge in [-0.2, -0.15) is 0 Å². The minimum Gasteiger partial charge on any atom is -0.372 e. The Labute approximate surface area is 127 Å². The molecule has 0 N–H and O–H groups in total. The fourth-order valence-corrected chi connectivity index (χ4v) is 3.24. The maximum Gasteiger partial charge on any atom is 0.253 e. The van der Waals surface area contributed by atoms with Crippen LogP contribution in [0.4, 0.5) is 5.69 Å². The molecule has 0 atom stereocenters. The number of piperazine rings is 1. The minimum atomic E-state index is 0.179. The molecular formula is C17H25N3O. The van der Waals surface area contributed by atoms with Crippen LogP contribution in [0, 0.1) is 0 Å². The summed E-state index contributed by atoms with van der Waals surface area (Å²) < 4.78 is 0. The predicted molar refractivity (Wildman–Crippen MR) is 85.9 cm³/mol. The van der Waals surface area contributed by atoms with Gasteiger partial charge in [-0.3, -0.25) is 4.79 Å². The van der Waals surface area contributed by atoms with E-state index < -0.39 is 0 Å². The van der Waals surface area contributed by atoms with E-state index in [4.69, 9.17) is 0 Å². The van der Waals surface area contributed by atoms with Crippen LogP contribution in [0.3, 0.4) is 0 Å². The van der Waals surface area contributed by atoms with Crippen LogP contribution in [-0.2, 0) is 0 Å². The lowest BCUT2D eigenvalue weighted by molar-refractivity contribution is 0.0643. The molecule has 0 aromatic heterocycles. The molecule has 2 saturated heterocycles. The Kier molecular flexibility index (Phi) is 4.44. The molecule has 4 nitrogen and oxygen atoms in total. The lowest BCUT2D eigenvalue weighted by Crippen LogP contribution is -2.48. The van der Waals surface area contributed by atoms with E-state index in [1.807, 2.05) is 17.0 Å². The van der Waals surface area contributed by atoms with Crippen molar-refractivity contribution in [3.05, 3.63) is 29.8 Å². The van der Waals surface area contributed by atoms with E-state index in [0.29, 0.717) is 0 Å². The number of carbonyl (C=O) groups excluding carboxylic acids is 1. The Morgan fingerprint density at radius 2 is 1.57 bits per heavy atom. The second kappa shape index (κ2) is 6.48. The maximum atomic E-state index is 12.5. The van der Waals surface area contributed by atoms with Crippen LogP contribution < -0.4 is 4.90 Å². The Balaban J connectivity index is 1.62. The molecule has 4 heteroatoms. The second-order valence-corrected chi connectivity index (χ2v) is 5.97. The van der Waals surface area contributed by atoms with Crippen LogP contribution in [-0.4, -0.2) is 61.5 Å². The average molecular weight is 287 g/mol. The van der Waals surface area contributed by atoms with Crippen molar-refractivity contribution in [2.75, 3.05) is 50.7 Å². The van der Waals surface area contributed by atoms with Crippen LogP contribution in [0.15, 0.2) is 24.3 Å². The van der Waals surface area contributed by atoms with Gasteiger partial charge in [0.15, 0.2) is 0 Å². The summed E-state index contributed by atoms with van der Waals surface area (Å²) in [5.41, 5.74) is 2.07. The first-order chi connectivity index (χ1) is 10.3. The zero-order chi connectivity index (χ0) is 14.7. The summed E-state index contributed by atoms with van der Waals surface area (Å²) in [6, 6.07) is 8.17. The molecule has 114 valence electrons. The van der Waals surface area contributed by atoms with Crippen molar-refractivity contribution in [1.82, 2.24) is 9.80 Å². The molecule has 2 aliphatic rings. The lowest BCUT2D eigenvalue weighted by Gasteiger charge is -2.34. The summed E-state index contributed by atoms with van der Waals surface area (Å²) in [4.78, 5) is 19.3. The fraction of sp³-hybridized carbons (Fsp3) is 0.588. The maximum absolute atomic E-state index is 12.5. The van der Waals surface area contributed by atoms with Gasteiger partial charge in [0.25, 0.3) is 5.91 Å². The third-order valence-electron chi connectivity index (χ3n) is 4.69. The number of rotatable bonds is 3. The van der Waals surface area contributed by atoms with Crippen molar-refractivity contribution in [2.24, 2.45) is 0 Å². The molecule has 21 heavy (non-hydrogen) atoms. The molecule has 0 radical (unpaired) electrons. The van der Waals surface area contributed by atoms with Crippen molar-refractivity contribution in [1.29, 1.82) is 0 Å². The number of anilines is 1. The highest BCUT2D eigenvalue weighted by Crippen LogP contribution is 2.21. The van der Waals surface area contributed by atoms with Gasteiger partial charge in [0.05, 0.1) is 0 Å². The van der Waals surface area contributed by atoms with Crippen molar-refractivity contribution in [3.63, 3.8) is 0 Å². The van der Waals surface area contributed by atoms with Crippen LogP contribution in [0.2, 0.25) is 0 Å². The Hall–Kier alpha value is -1.55. The summed E-state index contributed by atoms with van der Waals surface area (Å²) in [6.07, 6.45) is 2.56. The number of hydrogen-bond acceptors (Lipinski definition) is 3. The topological polar surface area (TPSA) is 26.8 Å². The molecule has 1 amide bonds. The van der Waals surface area contributed by atoms with Gasteiger partial charge in [-0.15, -0.1) is 0 Å². The van der Waals surface area contributed by atoms with Gasteiger partial charge in [0, 0.05) is 50.5 Å². The average Bonchev–Trinajstić information content (AvgIpc) is 3.09. The van der Waals surface area contributed by atoms with E-state index in [2.05, 4.69) is 28.9 Å². The SMILES string of the molecule is CCN1CCN(C(=O)c2ccc(N3CCCC3)cc2)CC1. The summed E-state index contributed by atoms with van der Waals surface area (Å²) >= 11 is 0. The van der Waals surface area contributed by atoms with Crippen molar-refractivity contribution < 1.29 is 4.79 Å². The molecule has 0 aliphatic carbocycles. The Morgan fingerprint density at radius 1 is 0.952 bits per heavy atom. The first kappa shape index (κ1) is 14.4. The van der Waals surface area contributed by atoms with Gasteiger partial charge in [-0.25, -0.2) is 0 Å². The largest absolute Gasteiger partial charge is 0.372 e. The van der Waals surface area contributed by atoms with E-state index in [9.17, 15) is 4.79 Å². The summed E-state index contributed by atoms with van der Waals surface area (Å²) in [7, 11) is 0. The van der Waals surface area contributed by atoms with Gasteiger partial charge < -0.3 is 14.7 Å². The van der Waals surface area contributed by atoms with Crippen LogP contribution in [0.25, 0.3) is 0 Å². The molecule has 2 heterocycles. The molecular weight excluding hydrogens is 262 g/mol. The molecule has 1 aromatic carbocycles. The predicted octanol–water partition coefficient (Wildman–Crippen LogP) is 2.06. The van der Waals surface area contributed by atoms with E-state index >= 15 is 0 Å². The highest BCUT2D eigenvalue weighted by atomic mass is 16.2. The van der Waals surface area contributed by atoms with E-state index in [1.165, 1.54) is 18.5 Å². The van der Waals surface area contributed by atoms with Crippen molar-refractivity contribution in [3.8, 4) is 0 Å². The quantitative estimate of drug-likeness (QED) is 0.851. The summed E-state index contributed by atoms with van der Waals surface area (Å²) in [5.74, 6) is 0.179. The number of amides is 1. The van der Waals surface area contributed by atoms with E-state index in [1.54, 1.807) is 0 Å². The highest BCUT2D eigenvalue weighted by Gasteiger charge is 2.21. The molecule has 2 fully saturated rings. The third kappa shape index (κ3) is 3.21. The van der Waals surface area contributed by atoms with Gasteiger partial charge >= 0.3 is 0 Å². The highest BCUT2D eigenvalue weighted by molar-refractivity contribution is 5.94. The smallest absolute Gasteiger partial charge is 0.253 e. The van der Waals surface area contributed by atoms with Crippen LogP contribution >= 0.6 is 0 Å². The van der Waals surface area contributed by atoms with Gasteiger partial charge in [-0.1, -0.05) is 6.92 Å². The van der Waals surface area contributed by atoms with Crippen LogP contribution in [0.5, 0.6) is 0 Å². The van der Waals surface area contributed by atoms with Crippen LogP contribution in [0.1, 0.15) is 30.1 Å². The first-order valence-corrected chi connectivity index (χ1v) is 8.14. The standard InChI is InChI=1S/C17H25N3O/c1-2-18-11-13-20(14-12-18)17(21)15-5-7-16(8-6-15)19-9-3-4-10-19/h5-8H,2-4,9-14H2,1H3. The van der Waals surface area contributed by atoms with E-state index in [0.717, 1.165) is 51.4 Å². The monoisotopic (exact) mass is 287 g/mol. The molecule has 0 saturated carbocycles. The molecule has 2 aliphatic heterocycles. The molecule has 0 bridgehead atoms. The normalized spacial score (nSPS) is 20.0. The molecule has 1 aromatic rings. The minimum absolute atomic E-state index is 0.179. The van der Waals surface area contributed by atoms with Gasteiger partial charge in [0.1, 0.15) is 0 Å². The van der Waals surface area contributed by atoms with Gasteiger partial charge in [0.2, 0.25) is 0 Å². The Bertz CT molecular complexity index is 471. The second-order valence-electron chi connectivity index (χ2n) is 5.97. The van der Waals surface area contributed by atoms with Gasteiger partial charge in [-0.05, 0) is 43.7 Å². The zero-order valence-corrected chi connectivity index (χ0v) is 12.9. The number of benzene rings is 1. The zero-order valence-electron chi connectivity index (χ0n) is 12.9. The molecule has 0 spiro atoms. The Morgan fingerprint density at radius 3 is 2.14 bits per heavy atom. The number of nitrogens with zero attached hydrogens (tertiary/aromatic N) is 3. The van der Waals surface area contributed by atoms with E-state index in [-0.39, 0.29) is 5.91 Å². The van der Waals surface area contributed by atoms with Crippen molar-refractivity contribution >= 4 is 11.6 Å². The number of likely N-dealkylation sites (N-methyl/N-ethyl adjacent to an activating group) is 1. The summed E-state index contributed by atoms with van der Waals surface area (Å²) in [5, 5.41) is 0. The third-order valence-corrected chi connectivity index (χ3v) is 4.69. The number of carbonyl (C=O) groups is 1. The lowest BCUT2D eigenvalue weighted by atomic mass is 10.1. The van der Waals surface area contributed by atoms with Crippen molar-refractivity contribution in [2.45, 2.75) is 19.8 Å². The first-order valence-electron chi connectivity index (χ1n) is 8.14. The fourth-order valence-electron chi connectivity index (χ4n) is 3.24. The molecule has 0 unspecified atom stereocenters. The summed E-state index contributed by atoms with van der Waals surface area (Å²) in [6.45, 7) is 9.23. The molecule has 3 rings (SSSR count).